The van der Waals surface area contributed by atoms with Gasteiger partial charge in [0.05, 0.1) is 7.11 Å². The number of hydrogen-bond donors (Lipinski definition) is 2. The number of nitrogens with one attached hydrogen (secondary N) is 2. The predicted octanol–water partition coefficient (Wildman–Crippen LogP) is 2.85. The monoisotopic (exact) mass is 386 g/mol. The van der Waals surface area contributed by atoms with E-state index in [1.54, 1.807) is 13.2 Å². The number of benzene rings is 2. The molecule has 2 amide bonds. The number of methoxy groups -OCH3 is 1. The highest BCUT2D eigenvalue weighted by molar-refractivity contribution is 7.80. The predicted molar refractivity (Wildman–Crippen MR) is 104 cm³/mol. The van der Waals surface area contributed by atoms with E-state index in [4.69, 9.17) is 28.6 Å². The molecule has 1 aliphatic heterocycles. The number of carbonyl (C=O) groups is 2. The first-order chi connectivity index (χ1) is 12.5. The molecule has 0 saturated carbocycles. The summed E-state index contributed by atoms with van der Waals surface area (Å²) in [5.41, 5.74) is 2.58. The van der Waals surface area contributed by atoms with Crippen molar-refractivity contribution >= 4 is 46.8 Å². The fourth-order valence-corrected chi connectivity index (χ4v) is 3.00. The molecule has 2 aromatic carbocycles. The summed E-state index contributed by atoms with van der Waals surface area (Å²) in [7, 11) is 1.57. The molecule has 1 heterocycles. The molecule has 0 atom stereocenters. The molecule has 0 radical (unpaired) electrons. The molecule has 26 heavy (non-hydrogen) atoms. The highest BCUT2D eigenvalue weighted by atomic mass is 35.5. The van der Waals surface area contributed by atoms with Gasteiger partial charge in [0, 0.05) is 11.4 Å². The maximum absolute atomic E-state index is 11.9. The second-order valence-electron chi connectivity index (χ2n) is 5.63. The molecular weight excluding hydrogens is 372 g/mol. The van der Waals surface area contributed by atoms with Gasteiger partial charge in [0.25, 0.3) is 11.8 Å². The number of hydrogen-bond acceptors (Lipinski definition) is 4. The largest absolute Gasteiger partial charge is 0.496 e. The van der Waals surface area contributed by atoms with E-state index < -0.39 is 11.8 Å². The average Bonchev–Trinajstić information content (AvgIpc) is 2.61. The quantitative estimate of drug-likeness (QED) is 0.481. The second kappa shape index (κ2) is 7.68. The molecule has 2 N–H and O–H groups in total. The van der Waals surface area contributed by atoms with Gasteiger partial charge in [0.15, 0.2) is 5.11 Å². The van der Waals surface area contributed by atoms with Gasteiger partial charge < -0.3 is 4.74 Å². The molecule has 1 aliphatic rings. The van der Waals surface area contributed by atoms with Crippen LogP contribution in [-0.4, -0.2) is 24.0 Å². The Balaban J connectivity index is 1.91. The van der Waals surface area contributed by atoms with Crippen molar-refractivity contribution in [1.82, 2.24) is 10.6 Å². The molecule has 132 valence electrons. The SMILES string of the molecule is COc1cc(C=C2C(=O)NC(=S)NC2=O)ccc1Cc1ccccc1Cl. The van der Waals surface area contributed by atoms with Crippen molar-refractivity contribution in [2.75, 3.05) is 7.11 Å². The van der Waals surface area contributed by atoms with Crippen molar-refractivity contribution in [3.8, 4) is 5.75 Å². The van der Waals surface area contributed by atoms with Crippen LogP contribution in [-0.2, 0) is 16.0 Å². The summed E-state index contributed by atoms with van der Waals surface area (Å²) in [6.07, 6.45) is 2.10. The Hall–Kier alpha value is -2.70. The minimum atomic E-state index is -0.530. The van der Waals surface area contributed by atoms with E-state index in [1.807, 2.05) is 36.4 Å². The first-order valence-electron chi connectivity index (χ1n) is 7.76. The lowest BCUT2D eigenvalue weighted by molar-refractivity contribution is -0.123. The van der Waals surface area contributed by atoms with Crippen molar-refractivity contribution in [3.05, 3.63) is 69.8 Å². The van der Waals surface area contributed by atoms with Crippen molar-refractivity contribution in [2.24, 2.45) is 0 Å². The van der Waals surface area contributed by atoms with Crippen LogP contribution in [0.3, 0.4) is 0 Å². The molecule has 1 saturated heterocycles. The summed E-state index contributed by atoms with van der Waals surface area (Å²) in [4.78, 5) is 23.9. The van der Waals surface area contributed by atoms with Crippen molar-refractivity contribution in [1.29, 1.82) is 0 Å². The summed E-state index contributed by atoms with van der Waals surface area (Å²) in [5, 5.41) is 5.50. The van der Waals surface area contributed by atoms with E-state index in [-0.39, 0.29) is 10.7 Å². The van der Waals surface area contributed by atoms with Gasteiger partial charge >= 0.3 is 0 Å². The molecule has 7 heteroatoms. The number of thiocarbonyl (C=S) groups is 1. The van der Waals surface area contributed by atoms with Crippen LogP contribution in [0.1, 0.15) is 16.7 Å². The van der Waals surface area contributed by atoms with E-state index in [9.17, 15) is 9.59 Å². The normalized spacial score (nSPS) is 13.9. The first-order valence-corrected chi connectivity index (χ1v) is 8.55. The number of ether oxygens (including phenoxy) is 1. The van der Waals surface area contributed by atoms with Crippen molar-refractivity contribution in [3.63, 3.8) is 0 Å². The maximum Gasteiger partial charge on any atom is 0.263 e. The van der Waals surface area contributed by atoms with Crippen LogP contribution in [0.15, 0.2) is 48.0 Å². The molecule has 0 aromatic heterocycles. The molecule has 0 unspecified atom stereocenters. The third-order valence-electron chi connectivity index (χ3n) is 3.90. The fraction of sp³-hybridized carbons (Fsp3) is 0.105. The molecule has 0 aliphatic carbocycles. The minimum absolute atomic E-state index is 0.00446. The summed E-state index contributed by atoms with van der Waals surface area (Å²) in [5.74, 6) is -0.415. The minimum Gasteiger partial charge on any atom is -0.496 e. The Labute approximate surface area is 161 Å². The zero-order valence-electron chi connectivity index (χ0n) is 13.8. The van der Waals surface area contributed by atoms with E-state index >= 15 is 0 Å². The maximum atomic E-state index is 11.9. The van der Waals surface area contributed by atoms with Crippen LogP contribution >= 0.6 is 23.8 Å². The number of halogens is 1. The Morgan fingerprint density at radius 3 is 2.42 bits per heavy atom. The highest BCUT2D eigenvalue weighted by Gasteiger charge is 2.25. The van der Waals surface area contributed by atoms with Crippen LogP contribution < -0.4 is 15.4 Å². The lowest BCUT2D eigenvalue weighted by Crippen LogP contribution is -2.51. The number of rotatable bonds is 4. The fourth-order valence-electron chi connectivity index (χ4n) is 2.62. The van der Waals surface area contributed by atoms with Crippen molar-refractivity contribution < 1.29 is 14.3 Å². The molecule has 1 fully saturated rings. The van der Waals surface area contributed by atoms with Crippen molar-refractivity contribution in [2.45, 2.75) is 6.42 Å². The average molecular weight is 387 g/mol. The Morgan fingerprint density at radius 1 is 1.08 bits per heavy atom. The molecule has 0 bridgehead atoms. The zero-order valence-corrected chi connectivity index (χ0v) is 15.4. The third kappa shape index (κ3) is 3.92. The van der Waals surface area contributed by atoms with Gasteiger partial charge in [0.2, 0.25) is 0 Å². The van der Waals surface area contributed by atoms with Crippen LogP contribution in [0.5, 0.6) is 5.75 Å². The number of amides is 2. The Bertz CT molecular complexity index is 918. The summed E-state index contributed by atoms with van der Waals surface area (Å²) >= 11 is 11.0. The van der Waals surface area contributed by atoms with E-state index in [1.165, 1.54) is 6.08 Å². The van der Waals surface area contributed by atoms with Gasteiger partial charge in [-0.25, -0.2) is 0 Å². The van der Waals surface area contributed by atoms with Crippen LogP contribution in [0.4, 0.5) is 0 Å². The van der Waals surface area contributed by atoms with Gasteiger partial charge in [-0.15, -0.1) is 0 Å². The van der Waals surface area contributed by atoms with Gasteiger partial charge in [-0.1, -0.05) is 41.9 Å². The van der Waals surface area contributed by atoms with Crippen LogP contribution in [0.2, 0.25) is 5.02 Å². The Kier molecular flexibility index (Phi) is 5.35. The second-order valence-corrected chi connectivity index (χ2v) is 6.45. The molecular formula is C19H15ClN2O3S. The standard InChI is InChI=1S/C19H15ClN2O3S/c1-25-16-9-11(8-14-17(23)21-19(26)22-18(14)24)6-7-13(16)10-12-4-2-3-5-15(12)20/h2-9H,10H2,1H3,(H2,21,22,23,24,26). The topological polar surface area (TPSA) is 67.4 Å². The molecule has 3 rings (SSSR count). The summed E-state index contributed by atoms with van der Waals surface area (Å²) in [6.45, 7) is 0. The lowest BCUT2D eigenvalue weighted by atomic mass is 10.0. The van der Waals surface area contributed by atoms with Gasteiger partial charge in [-0.2, -0.15) is 0 Å². The third-order valence-corrected chi connectivity index (χ3v) is 4.48. The first kappa shape index (κ1) is 18.1. The van der Waals surface area contributed by atoms with Gasteiger partial charge in [-0.3, -0.25) is 20.2 Å². The molecule has 2 aromatic rings. The summed E-state index contributed by atoms with van der Waals surface area (Å²) in [6, 6.07) is 13.1. The smallest absolute Gasteiger partial charge is 0.263 e. The van der Waals surface area contributed by atoms with Gasteiger partial charge in [-0.05, 0) is 47.1 Å². The van der Waals surface area contributed by atoms with E-state index in [0.29, 0.717) is 22.8 Å². The summed E-state index contributed by atoms with van der Waals surface area (Å²) < 4.78 is 5.46. The lowest BCUT2D eigenvalue weighted by Gasteiger charge is -2.16. The van der Waals surface area contributed by atoms with Crippen LogP contribution in [0, 0.1) is 0 Å². The molecule has 5 nitrogen and oxygen atoms in total. The van der Waals surface area contributed by atoms with Gasteiger partial charge in [0.1, 0.15) is 11.3 Å². The van der Waals surface area contributed by atoms with E-state index in [0.717, 1.165) is 11.1 Å². The highest BCUT2D eigenvalue weighted by Crippen LogP contribution is 2.27. The van der Waals surface area contributed by atoms with E-state index in [2.05, 4.69) is 10.6 Å². The van der Waals surface area contributed by atoms with Crippen LogP contribution in [0.25, 0.3) is 6.08 Å². The molecule has 0 spiro atoms. The zero-order chi connectivity index (χ0) is 18.7. The Morgan fingerprint density at radius 2 is 1.77 bits per heavy atom. The number of carbonyl (C=O) groups excluding carboxylic acids is 2.